The molecule has 106 valence electrons. The second-order valence-electron chi connectivity index (χ2n) is 5.15. The van der Waals surface area contributed by atoms with Crippen LogP contribution in [0.15, 0.2) is 12.4 Å². The molecule has 1 aliphatic rings. The van der Waals surface area contributed by atoms with Crippen molar-refractivity contribution < 1.29 is 0 Å². The maximum atomic E-state index is 5.48. The predicted molar refractivity (Wildman–Crippen MR) is 78.5 cm³/mol. The van der Waals surface area contributed by atoms with Gasteiger partial charge in [-0.2, -0.15) is 0 Å². The standard InChI is InChI=1S/C13H24N6/c1-18-7-4-11(9-18)19(2)13-8-12(16-10-17-13)15-6-3-5-14/h8,10-11H,3-7,9,14H2,1-2H3,(H,15,16,17). The van der Waals surface area contributed by atoms with E-state index < -0.39 is 0 Å². The topological polar surface area (TPSA) is 70.3 Å². The molecule has 0 aliphatic carbocycles. The van der Waals surface area contributed by atoms with E-state index in [0.717, 1.165) is 37.7 Å². The van der Waals surface area contributed by atoms with Crippen LogP contribution in [0.4, 0.5) is 11.6 Å². The zero-order valence-corrected chi connectivity index (χ0v) is 11.8. The van der Waals surface area contributed by atoms with E-state index in [2.05, 4.69) is 39.2 Å². The van der Waals surface area contributed by atoms with E-state index in [1.807, 2.05) is 6.07 Å². The summed E-state index contributed by atoms with van der Waals surface area (Å²) in [6.07, 6.45) is 3.75. The third-order valence-electron chi connectivity index (χ3n) is 3.62. The van der Waals surface area contributed by atoms with Crippen LogP contribution in [0.2, 0.25) is 0 Å². The molecule has 6 heteroatoms. The highest BCUT2D eigenvalue weighted by atomic mass is 15.3. The van der Waals surface area contributed by atoms with Gasteiger partial charge in [-0.25, -0.2) is 9.97 Å². The van der Waals surface area contributed by atoms with Gasteiger partial charge in [0.1, 0.15) is 18.0 Å². The fraction of sp³-hybridized carbons (Fsp3) is 0.692. The summed E-state index contributed by atoms with van der Waals surface area (Å²) >= 11 is 0. The van der Waals surface area contributed by atoms with Crippen molar-refractivity contribution in [3.63, 3.8) is 0 Å². The lowest BCUT2D eigenvalue weighted by atomic mass is 10.2. The summed E-state index contributed by atoms with van der Waals surface area (Å²) in [7, 11) is 4.27. The van der Waals surface area contributed by atoms with Crippen molar-refractivity contribution in [1.82, 2.24) is 14.9 Å². The lowest BCUT2D eigenvalue weighted by Crippen LogP contribution is -2.34. The molecular weight excluding hydrogens is 240 g/mol. The molecule has 0 spiro atoms. The first-order chi connectivity index (χ1) is 9.20. The van der Waals surface area contributed by atoms with Crippen LogP contribution in [0, 0.1) is 0 Å². The SMILES string of the molecule is CN1CCC(N(C)c2cc(NCCCN)ncn2)C1. The van der Waals surface area contributed by atoms with Crippen LogP contribution in [0.1, 0.15) is 12.8 Å². The van der Waals surface area contributed by atoms with Gasteiger partial charge in [-0.1, -0.05) is 0 Å². The molecule has 19 heavy (non-hydrogen) atoms. The van der Waals surface area contributed by atoms with Gasteiger partial charge >= 0.3 is 0 Å². The Morgan fingerprint density at radius 1 is 1.53 bits per heavy atom. The first kappa shape index (κ1) is 14.0. The summed E-state index contributed by atoms with van der Waals surface area (Å²) in [6.45, 7) is 3.79. The Hall–Kier alpha value is -1.40. The maximum Gasteiger partial charge on any atom is 0.134 e. The number of likely N-dealkylation sites (N-methyl/N-ethyl adjacent to an activating group) is 2. The molecule has 3 N–H and O–H groups in total. The van der Waals surface area contributed by atoms with Crippen LogP contribution < -0.4 is 16.0 Å². The molecule has 0 radical (unpaired) electrons. The Kier molecular flexibility index (Phi) is 4.93. The smallest absolute Gasteiger partial charge is 0.134 e. The van der Waals surface area contributed by atoms with Gasteiger partial charge in [0, 0.05) is 32.2 Å². The molecule has 2 rings (SSSR count). The van der Waals surface area contributed by atoms with Gasteiger partial charge in [-0.3, -0.25) is 0 Å². The molecule has 1 unspecified atom stereocenters. The van der Waals surface area contributed by atoms with E-state index in [4.69, 9.17) is 5.73 Å². The molecule has 6 nitrogen and oxygen atoms in total. The molecular formula is C13H24N6. The van der Waals surface area contributed by atoms with E-state index in [0.29, 0.717) is 12.6 Å². The van der Waals surface area contributed by atoms with E-state index in [-0.39, 0.29) is 0 Å². The first-order valence-electron chi connectivity index (χ1n) is 6.88. The zero-order valence-electron chi connectivity index (χ0n) is 11.8. The van der Waals surface area contributed by atoms with Crippen molar-refractivity contribution in [2.75, 3.05) is 50.5 Å². The second kappa shape index (κ2) is 6.68. The molecule has 1 fully saturated rings. The number of hydrogen-bond acceptors (Lipinski definition) is 6. The second-order valence-corrected chi connectivity index (χ2v) is 5.15. The van der Waals surface area contributed by atoms with Gasteiger partial charge in [0.2, 0.25) is 0 Å². The highest BCUT2D eigenvalue weighted by Gasteiger charge is 2.24. The number of anilines is 2. The molecule has 1 aromatic rings. The van der Waals surface area contributed by atoms with Gasteiger partial charge in [-0.05, 0) is 33.0 Å². The van der Waals surface area contributed by atoms with Crippen molar-refractivity contribution >= 4 is 11.6 Å². The maximum absolute atomic E-state index is 5.48. The van der Waals surface area contributed by atoms with E-state index in [9.17, 15) is 0 Å². The molecule has 0 bridgehead atoms. The predicted octanol–water partition coefficient (Wildman–Crippen LogP) is 0.378. The first-order valence-corrected chi connectivity index (χ1v) is 6.88. The van der Waals surface area contributed by atoms with Crippen molar-refractivity contribution in [3.8, 4) is 0 Å². The molecule has 1 saturated heterocycles. The molecule has 2 heterocycles. The normalized spacial score (nSPS) is 19.6. The fourth-order valence-electron chi connectivity index (χ4n) is 2.37. The van der Waals surface area contributed by atoms with Crippen molar-refractivity contribution in [2.45, 2.75) is 18.9 Å². The third-order valence-corrected chi connectivity index (χ3v) is 3.62. The molecule has 0 saturated carbocycles. The Bertz CT molecular complexity index is 396. The number of hydrogen-bond donors (Lipinski definition) is 2. The van der Waals surface area contributed by atoms with Gasteiger partial charge in [0.05, 0.1) is 0 Å². The van der Waals surface area contributed by atoms with Gasteiger partial charge < -0.3 is 20.9 Å². The summed E-state index contributed by atoms with van der Waals surface area (Å²) in [5.74, 6) is 1.85. The summed E-state index contributed by atoms with van der Waals surface area (Å²) < 4.78 is 0. The molecule has 0 amide bonds. The minimum Gasteiger partial charge on any atom is -0.370 e. The number of nitrogens with zero attached hydrogens (tertiary/aromatic N) is 4. The Morgan fingerprint density at radius 2 is 2.37 bits per heavy atom. The molecule has 1 atom stereocenters. The van der Waals surface area contributed by atoms with E-state index >= 15 is 0 Å². The molecule has 0 aromatic carbocycles. The Morgan fingerprint density at radius 3 is 3.05 bits per heavy atom. The van der Waals surface area contributed by atoms with Gasteiger partial charge in [-0.15, -0.1) is 0 Å². The van der Waals surface area contributed by atoms with Crippen LogP contribution in [-0.4, -0.2) is 61.2 Å². The van der Waals surface area contributed by atoms with Gasteiger partial charge in [0.25, 0.3) is 0 Å². The van der Waals surface area contributed by atoms with Crippen LogP contribution in [0.3, 0.4) is 0 Å². The number of nitrogens with one attached hydrogen (secondary N) is 1. The summed E-state index contributed by atoms with van der Waals surface area (Å²) in [4.78, 5) is 13.2. The monoisotopic (exact) mass is 264 g/mol. The number of nitrogens with two attached hydrogens (primary N) is 1. The van der Waals surface area contributed by atoms with Crippen molar-refractivity contribution in [3.05, 3.63) is 12.4 Å². The lowest BCUT2D eigenvalue weighted by molar-refractivity contribution is 0.409. The van der Waals surface area contributed by atoms with Crippen molar-refractivity contribution in [2.24, 2.45) is 5.73 Å². The minimum atomic E-state index is 0.539. The lowest BCUT2D eigenvalue weighted by Gasteiger charge is -2.25. The van der Waals surface area contributed by atoms with Crippen molar-refractivity contribution in [1.29, 1.82) is 0 Å². The third kappa shape index (κ3) is 3.78. The molecule has 1 aromatic heterocycles. The quantitative estimate of drug-likeness (QED) is 0.724. The highest BCUT2D eigenvalue weighted by Crippen LogP contribution is 2.20. The van der Waals surface area contributed by atoms with Crippen LogP contribution >= 0.6 is 0 Å². The van der Waals surface area contributed by atoms with Gasteiger partial charge in [0.15, 0.2) is 0 Å². The number of rotatable bonds is 6. The Labute approximate surface area is 115 Å². The number of likely N-dealkylation sites (tertiary alicyclic amines) is 1. The minimum absolute atomic E-state index is 0.539. The molecule has 1 aliphatic heterocycles. The van der Waals surface area contributed by atoms with Crippen LogP contribution in [0.5, 0.6) is 0 Å². The van der Waals surface area contributed by atoms with E-state index in [1.165, 1.54) is 6.42 Å². The van der Waals surface area contributed by atoms with E-state index in [1.54, 1.807) is 6.33 Å². The van der Waals surface area contributed by atoms with Crippen LogP contribution in [0.25, 0.3) is 0 Å². The summed E-state index contributed by atoms with van der Waals surface area (Å²) in [6, 6.07) is 2.55. The fourth-order valence-corrected chi connectivity index (χ4v) is 2.37. The average Bonchev–Trinajstić information content (AvgIpc) is 2.85. The van der Waals surface area contributed by atoms with Crippen LogP contribution in [-0.2, 0) is 0 Å². The zero-order chi connectivity index (χ0) is 13.7. The Balaban J connectivity index is 1.97. The largest absolute Gasteiger partial charge is 0.370 e. The summed E-state index contributed by atoms with van der Waals surface area (Å²) in [5.41, 5.74) is 5.48. The summed E-state index contributed by atoms with van der Waals surface area (Å²) in [5, 5.41) is 3.27. The number of aromatic nitrogens is 2. The highest BCUT2D eigenvalue weighted by molar-refractivity contribution is 5.48. The average molecular weight is 264 g/mol.